The smallest absolute Gasteiger partial charge is 0.264 e. The number of hydrogen-bond donors (Lipinski definition) is 1. The van der Waals surface area contributed by atoms with Crippen LogP contribution in [-0.4, -0.2) is 44.3 Å². The standard InChI is InChI=1S/C30H35Cl2N3O4S/c1-4-6-19-33-30(37)27(5-2)34(20-23-11-13-24(31)14-12-23)29(36)21-35(28-10-8-7-9-22(28)3)40(38,39)26-17-15-25(32)16-18-26/h7-18,27H,4-6,19-21H2,1-3H3,(H,33,37)/t27-/m0/s1. The SMILES string of the molecule is CCCCNC(=O)[C@H](CC)N(Cc1ccc(Cl)cc1)C(=O)CN(c1ccccc1C)S(=O)(=O)c1ccc(Cl)cc1. The quantitative estimate of drug-likeness (QED) is 0.235. The number of carbonyl (C=O) groups excluding carboxylic acids is 2. The van der Waals surface area contributed by atoms with E-state index in [2.05, 4.69) is 5.32 Å². The van der Waals surface area contributed by atoms with Gasteiger partial charge in [-0.1, -0.05) is 73.8 Å². The van der Waals surface area contributed by atoms with Gasteiger partial charge in [-0.05, 0) is 73.4 Å². The Hall–Kier alpha value is -3.07. The molecule has 3 rings (SSSR count). The molecule has 7 nitrogen and oxygen atoms in total. The molecule has 0 radical (unpaired) electrons. The summed E-state index contributed by atoms with van der Waals surface area (Å²) in [4.78, 5) is 28.8. The molecule has 1 atom stereocenters. The molecule has 0 bridgehead atoms. The maximum absolute atomic E-state index is 14.1. The van der Waals surface area contributed by atoms with Gasteiger partial charge >= 0.3 is 0 Å². The molecule has 0 aliphatic carbocycles. The van der Waals surface area contributed by atoms with Crippen molar-refractivity contribution in [2.24, 2.45) is 0 Å². The first kappa shape index (κ1) is 31.5. The Kier molecular flexibility index (Phi) is 11.4. The molecule has 0 aliphatic rings. The van der Waals surface area contributed by atoms with Gasteiger partial charge in [-0.25, -0.2) is 8.42 Å². The summed E-state index contributed by atoms with van der Waals surface area (Å²) in [5, 5.41) is 3.86. The van der Waals surface area contributed by atoms with Crippen molar-refractivity contribution in [3.05, 3.63) is 94.0 Å². The molecule has 0 fully saturated rings. The Morgan fingerprint density at radius 2 is 1.50 bits per heavy atom. The molecule has 0 saturated carbocycles. The molecule has 1 N–H and O–H groups in total. The number of carbonyl (C=O) groups is 2. The number of rotatable bonds is 13. The van der Waals surface area contributed by atoms with Crippen LogP contribution in [0.25, 0.3) is 0 Å². The molecule has 0 aliphatic heterocycles. The van der Waals surface area contributed by atoms with Crippen LogP contribution < -0.4 is 9.62 Å². The molecule has 0 heterocycles. The van der Waals surface area contributed by atoms with Crippen LogP contribution in [0, 0.1) is 6.92 Å². The molecule has 10 heteroatoms. The second-order valence-electron chi connectivity index (χ2n) is 9.47. The number of amides is 2. The Balaban J connectivity index is 2.04. The minimum atomic E-state index is -4.16. The largest absolute Gasteiger partial charge is 0.354 e. The minimum absolute atomic E-state index is 0.00144. The van der Waals surface area contributed by atoms with Gasteiger partial charge in [0, 0.05) is 23.1 Å². The number of nitrogens with one attached hydrogen (secondary N) is 1. The van der Waals surface area contributed by atoms with Crippen molar-refractivity contribution < 1.29 is 18.0 Å². The van der Waals surface area contributed by atoms with Gasteiger partial charge < -0.3 is 10.2 Å². The Morgan fingerprint density at radius 1 is 0.900 bits per heavy atom. The first-order chi connectivity index (χ1) is 19.1. The second kappa shape index (κ2) is 14.5. The molecular weight excluding hydrogens is 569 g/mol. The zero-order valence-electron chi connectivity index (χ0n) is 22.9. The van der Waals surface area contributed by atoms with Crippen molar-refractivity contribution in [1.82, 2.24) is 10.2 Å². The van der Waals surface area contributed by atoms with E-state index < -0.39 is 28.5 Å². The van der Waals surface area contributed by atoms with E-state index in [0.717, 1.165) is 22.7 Å². The van der Waals surface area contributed by atoms with E-state index in [4.69, 9.17) is 23.2 Å². The lowest BCUT2D eigenvalue weighted by atomic mass is 10.1. The molecular formula is C30H35Cl2N3O4S. The fraction of sp³-hybridized carbons (Fsp3) is 0.333. The van der Waals surface area contributed by atoms with Gasteiger partial charge in [0.1, 0.15) is 12.6 Å². The summed E-state index contributed by atoms with van der Waals surface area (Å²) in [6.07, 6.45) is 2.08. The lowest BCUT2D eigenvalue weighted by Crippen LogP contribution is -2.52. The number of halogens is 2. The topological polar surface area (TPSA) is 86.8 Å². The van der Waals surface area contributed by atoms with E-state index in [1.165, 1.54) is 29.2 Å². The van der Waals surface area contributed by atoms with Crippen LogP contribution in [0.3, 0.4) is 0 Å². The van der Waals surface area contributed by atoms with Crippen LogP contribution in [0.4, 0.5) is 5.69 Å². The number of hydrogen-bond acceptors (Lipinski definition) is 4. The van der Waals surface area contributed by atoms with E-state index in [0.29, 0.717) is 34.3 Å². The molecule has 40 heavy (non-hydrogen) atoms. The highest BCUT2D eigenvalue weighted by molar-refractivity contribution is 7.92. The average molecular weight is 605 g/mol. The van der Waals surface area contributed by atoms with Crippen LogP contribution in [-0.2, 0) is 26.2 Å². The van der Waals surface area contributed by atoms with Gasteiger partial charge in [0.2, 0.25) is 11.8 Å². The van der Waals surface area contributed by atoms with Crippen molar-refractivity contribution in [3.8, 4) is 0 Å². The van der Waals surface area contributed by atoms with E-state index in [1.807, 2.05) is 13.8 Å². The molecule has 0 spiro atoms. The summed E-state index contributed by atoms with van der Waals surface area (Å²) in [6, 6.07) is 19.0. The molecule has 0 aromatic heterocycles. The highest BCUT2D eigenvalue weighted by Crippen LogP contribution is 2.28. The predicted molar refractivity (Wildman–Crippen MR) is 161 cm³/mol. The van der Waals surface area contributed by atoms with Crippen molar-refractivity contribution in [3.63, 3.8) is 0 Å². The van der Waals surface area contributed by atoms with Gasteiger partial charge in [-0.15, -0.1) is 0 Å². The predicted octanol–water partition coefficient (Wildman–Crippen LogP) is 6.22. The van der Waals surface area contributed by atoms with Gasteiger partial charge in [0.25, 0.3) is 10.0 Å². The van der Waals surface area contributed by atoms with Crippen LogP contribution in [0.15, 0.2) is 77.7 Å². The molecule has 3 aromatic carbocycles. The third-order valence-corrected chi connectivity index (χ3v) is 8.82. The summed E-state index contributed by atoms with van der Waals surface area (Å²) >= 11 is 12.1. The van der Waals surface area contributed by atoms with E-state index in [-0.39, 0.29) is 17.3 Å². The number of sulfonamides is 1. The van der Waals surface area contributed by atoms with Crippen LogP contribution >= 0.6 is 23.2 Å². The van der Waals surface area contributed by atoms with E-state index in [1.54, 1.807) is 55.5 Å². The maximum atomic E-state index is 14.1. The fourth-order valence-corrected chi connectivity index (χ4v) is 6.03. The van der Waals surface area contributed by atoms with Gasteiger partial charge in [-0.3, -0.25) is 13.9 Å². The molecule has 0 saturated heterocycles. The van der Waals surface area contributed by atoms with Crippen molar-refractivity contribution in [2.45, 2.75) is 57.5 Å². The van der Waals surface area contributed by atoms with Gasteiger partial charge in [0.05, 0.1) is 10.6 Å². The summed E-state index contributed by atoms with van der Waals surface area (Å²) in [7, 11) is -4.16. The Bertz CT molecular complexity index is 1400. The fourth-order valence-electron chi connectivity index (χ4n) is 4.30. The summed E-state index contributed by atoms with van der Waals surface area (Å²) < 4.78 is 28.9. The van der Waals surface area contributed by atoms with Crippen molar-refractivity contribution >= 4 is 50.7 Å². The Morgan fingerprint density at radius 3 is 2.08 bits per heavy atom. The lowest BCUT2D eigenvalue weighted by molar-refractivity contribution is -0.140. The van der Waals surface area contributed by atoms with Crippen LogP contribution in [0.2, 0.25) is 10.0 Å². The van der Waals surface area contributed by atoms with Crippen molar-refractivity contribution in [2.75, 3.05) is 17.4 Å². The first-order valence-corrected chi connectivity index (χ1v) is 15.4. The molecule has 2 amide bonds. The van der Waals surface area contributed by atoms with Gasteiger partial charge in [-0.2, -0.15) is 0 Å². The number of aryl methyl sites for hydroxylation is 1. The zero-order valence-corrected chi connectivity index (χ0v) is 25.3. The number of para-hydroxylation sites is 1. The molecule has 214 valence electrons. The average Bonchev–Trinajstić information content (AvgIpc) is 2.93. The molecule has 3 aromatic rings. The highest BCUT2D eigenvalue weighted by atomic mass is 35.5. The molecule has 0 unspecified atom stereocenters. The lowest BCUT2D eigenvalue weighted by Gasteiger charge is -2.33. The van der Waals surface area contributed by atoms with E-state index >= 15 is 0 Å². The summed E-state index contributed by atoms with van der Waals surface area (Å²) in [6.45, 7) is 5.75. The normalized spacial score (nSPS) is 12.0. The zero-order chi connectivity index (χ0) is 29.3. The second-order valence-corrected chi connectivity index (χ2v) is 12.2. The Labute approximate surface area is 247 Å². The van der Waals surface area contributed by atoms with Crippen LogP contribution in [0.5, 0.6) is 0 Å². The highest BCUT2D eigenvalue weighted by Gasteiger charge is 2.34. The first-order valence-electron chi connectivity index (χ1n) is 13.2. The maximum Gasteiger partial charge on any atom is 0.264 e. The third kappa shape index (κ3) is 7.99. The van der Waals surface area contributed by atoms with Crippen LogP contribution in [0.1, 0.15) is 44.2 Å². The van der Waals surface area contributed by atoms with E-state index in [9.17, 15) is 18.0 Å². The minimum Gasteiger partial charge on any atom is -0.354 e. The van der Waals surface area contributed by atoms with Crippen molar-refractivity contribution in [1.29, 1.82) is 0 Å². The summed E-state index contributed by atoms with van der Waals surface area (Å²) in [5.41, 5.74) is 1.82. The summed E-state index contributed by atoms with van der Waals surface area (Å²) in [5.74, 6) is -0.783. The third-order valence-electron chi connectivity index (χ3n) is 6.55. The number of anilines is 1. The number of nitrogens with zero attached hydrogens (tertiary/aromatic N) is 2. The number of benzene rings is 3. The number of unbranched alkanes of at least 4 members (excludes halogenated alkanes) is 1. The monoisotopic (exact) mass is 603 g/mol. The van der Waals surface area contributed by atoms with Gasteiger partial charge in [0.15, 0.2) is 0 Å².